The summed E-state index contributed by atoms with van der Waals surface area (Å²) in [7, 11) is 1.62. The second-order valence-electron chi connectivity index (χ2n) is 7.08. The van der Waals surface area contributed by atoms with Gasteiger partial charge in [0.05, 0.1) is 19.1 Å². The van der Waals surface area contributed by atoms with Crippen molar-refractivity contribution < 1.29 is 9.53 Å². The van der Waals surface area contributed by atoms with Crippen molar-refractivity contribution in [2.45, 2.75) is 33.0 Å². The summed E-state index contributed by atoms with van der Waals surface area (Å²) in [6.45, 7) is 4.75. The van der Waals surface area contributed by atoms with E-state index in [9.17, 15) is 9.59 Å². The van der Waals surface area contributed by atoms with Crippen LogP contribution in [0.5, 0.6) is 5.75 Å². The van der Waals surface area contributed by atoms with Crippen molar-refractivity contribution in [3.63, 3.8) is 0 Å². The van der Waals surface area contributed by atoms with Gasteiger partial charge in [-0.05, 0) is 43.7 Å². The number of benzene rings is 1. The van der Waals surface area contributed by atoms with Crippen molar-refractivity contribution in [3.8, 4) is 11.4 Å². The molecule has 0 N–H and O–H groups in total. The Morgan fingerprint density at radius 2 is 2.04 bits per heavy atom. The monoisotopic (exact) mass is 378 g/mol. The number of carbonyl (C=O) groups excluding carboxylic acids is 1. The Hall–Kier alpha value is -3.35. The fourth-order valence-corrected chi connectivity index (χ4v) is 3.59. The molecule has 1 aromatic carbocycles. The van der Waals surface area contributed by atoms with Gasteiger partial charge in [0.2, 0.25) is 0 Å². The number of pyridine rings is 1. The van der Waals surface area contributed by atoms with E-state index in [1.54, 1.807) is 45.8 Å². The zero-order valence-electron chi connectivity index (χ0n) is 16.1. The van der Waals surface area contributed by atoms with Crippen LogP contribution in [0.2, 0.25) is 0 Å². The van der Waals surface area contributed by atoms with Crippen molar-refractivity contribution in [1.29, 1.82) is 0 Å². The largest absolute Gasteiger partial charge is 0.497 e. The molecule has 4 rings (SSSR count). The van der Waals surface area contributed by atoms with Crippen molar-refractivity contribution in [2.75, 3.05) is 7.11 Å². The molecule has 144 valence electrons. The average molecular weight is 378 g/mol. The van der Waals surface area contributed by atoms with Crippen molar-refractivity contribution in [3.05, 3.63) is 76.2 Å². The molecule has 1 aliphatic heterocycles. The highest BCUT2D eigenvalue weighted by molar-refractivity contribution is 5.93. The topological polar surface area (TPSA) is 69.4 Å². The molecule has 7 nitrogen and oxygen atoms in total. The minimum atomic E-state index is -0.184. The summed E-state index contributed by atoms with van der Waals surface area (Å²) < 4.78 is 8.54. The van der Waals surface area contributed by atoms with Crippen LogP contribution in [0.4, 0.5) is 0 Å². The molecule has 3 aromatic rings. The van der Waals surface area contributed by atoms with Gasteiger partial charge in [-0.2, -0.15) is 0 Å². The number of hydrogen-bond donors (Lipinski definition) is 0. The molecule has 0 spiro atoms. The Morgan fingerprint density at radius 3 is 2.75 bits per heavy atom. The molecule has 1 amide bonds. The molecule has 0 bridgehead atoms. The second-order valence-corrected chi connectivity index (χ2v) is 7.08. The van der Waals surface area contributed by atoms with E-state index in [1.807, 2.05) is 38.1 Å². The highest BCUT2D eigenvalue weighted by Crippen LogP contribution is 2.21. The number of methoxy groups -OCH3 is 1. The van der Waals surface area contributed by atoms with Crippen LogP contribution in [0.1, 0.15) is 28.7 Å². The maximum atomic E-state index is 13.1. The first-order valence-electron chi connectivity index (χ1n) is 9.16. The van der Waals surface area contributed by atoms with E-state index in [2.05, 4.69) is 4.98 Å². The molecule has 3 heterocycles. The van der Waals surface area contributed by atoms with Crippen LogP contribution in [0.15, 0.2) is 53.7 Å². The van der Waals surface area contributed by atoms with Crippen LogP contribution in [0.25, 0.3) is 5.69 Å². The van der Waals surface area contributed by atoms with E-state index >= 15 is 0 Å². The molecule has 0 aliphatic carbocycles. The third-order valence-corrected chi connectivity index (χ3v) is 5.09. The minimum Gasteiger partial charge on any atom is -0.497 e. The van der Waals surface area contributed by atoms with E-state index < -0.39 is 0 Å². The van der Waals surface area contributed by atoms with E-state index in [0.29, 0.717) is 24.5 Å². The zero-order chi connectivity index (χ0) is 19.8. The summed E-state index contributed by atoms with van der Waals surface area (Å²) in [5.74, 6) is 0.610. The first-order chi connectivity index (χ1) is 13.5. The second kappa shape index (κ2) is 6.99. The lowest BCUT2D eigenvalue weighted by molar-refractivity contribution is 0.0589. The molecule has 0 saturated heterocycles. The lowest BCUT2D eigenvalue weighted by Gasteiger charge is -2.35. The summed E-state index contributed by atoms with van der Waals surface area (Å²) >= 11 is 0. The summed E-state index contributed by atoms with van der Waals surface area (Å²) in [6, 6.07) is 11.0. The molecule has 0 fully saturated rings. The number of carbonyl (C=O) groups is 1. The zero-order valence-corrected chi connectivity index (χ0v) is 16.1. The predicted octanol–water partition coefficient (Wildman–Crippen LogP) is 2.40. The Balaban J connectivity index is 1.68. The Morgan fingerprint density at radius 1 is 1.21 bits per heavy atom. The highest BCUT2D eigenvalue weighted by atomic mass is 16.5. The van der Waals surface area contributed by atoms with E-state index in [0.717, 1.165) is 17.0 Å². The molecule has 0 unspecified atom stereocenters. The van der Waals surface area contributed by atoms with Crippen LogP contribution in [0.3, 0.4) is 0 Å². The van der Waals surface area contributed by atoms with Gasteiger partial charge in [0.25, 0.3) is 11.5 Å². The summed E-state index contributed by atoms with van der Waals surface area (Å²) in [5, 5.41) is 0. The number of amides is 1. The normalized spacial score (nSPS) is 16.2. The SMILES string of the molecule is COc1cccc(CN2C(=O)c3ccc(-n4cnc(C)c4)c(=O)n3C[C@H]2C)c1. The molecule has 7 heteroatoms. The van der Waals surface area contributed by atoms with Gasteiger partial charge < -0.3 is 18.8 Å². The Bertz CT molecular complexity index is 1100. The van der Waals surface area contributed by atoms with E-state index in [-0.39, 0.29) is 17.5 Å². The molecular weight excluding hydrogens is 356 g/mol. The minimum absolute atomic E-state index is 0.108. The summed E-state index contributed by atoms with van der Waals surface area (Å²) in [6.07, 6.45) is 3.41. The number of rotatable bonds is 4. The number of nitrogens with zero attached hydrogens (tertiary/aromatic N) is 4. The quantitative estimate of drug-likeness (QED) is 0.699. The van der Waals surface area contributed by atoms with Gasteiger partial charge in [-0.1, -0.05) is 12.1 Å². The number of aromatic nitrogens is 3. The Kier molecular flexibility index (Phi) is 4.50. The van der Waals surface area contributed by atoms with E-state index in [1.165, 1.54) is 0 Å². The van der Waals surface area contributed by atoms with Gasteiger partial charge in [0.15, 0.2) is 0 Å². The molecular formula is C21H22N4O3. The molecule has 0 radical (unpaired) electrons. The fourth-order valence-electron chi connectivity index (χ4n) is 3.59. The third kappa shape index (κ3) is 3.09. The maximum absolute atomic E-state index is 13.1. The Labute approximate surface area is 162 Å². The van der Waals surface area contributed by atoms with E-state index in [4.69, 9.17) is 4.74 Å². The lowest BCUT2D eigenvalue weighted by Crippen LogP contribution is -2.49. The molecule has 1 atom stereocenters. The van der Waals surface area contributed by atoms with Gasteiger partial charge in [-0.3, -0.25) is 9.59 Å². The number of imidazole rings is 1. The maximum Gasteiger partial charge on any atom is 0.275 e. The molecule has 28 heavy (non-hydrogen) atoms. The van der Waals surface area contributed by atoms with Gasteiger partial charge in [-0.25, -0.2) is 4.98 Å². The fraction of sp³-hybridized carbons (Fsp3) is 0.286. The molecule has 2 aromatic heterocycles. The van der Waals surface area contributed by atoms with Crippen LogP contribution >= 0.6 is 0 Å². The number of fused-ring (bicyclic) bond motifs is 1. The first-order valence-corrected chi connectivity index (χ1v) is 9.16. The van der Waals surface area contributed by atoms with Crippen LogP contribution in [-0.4, -0.2) is 38.1 Å². The van der Waals surface area contributed by atoms with Crippen molar-refractivity contribution in [1.82, 2.24) is 19.0 Å². The highest BCUT2D eigenvalue weighted by Gasteiger charge is 2.31. The first kappa shape index (κ1) is 18.0. The van der Waals surface area contributed by atoms with Crippen molar-refractivity contribution in [2.24, 2.45) is 0 Å². The molecule has 0 saturated carbocycles. The van der Waals surface area contributed by atoms with Gasteiger partial charge >= 0.3 is 0 Å². The number of ether oxygens (including phenoxy) is 1. The smallest absolute Gasteiger partial charge is 0.275 e. The third-order valence-electron chi connectivity index (χ3n) is 5.09. The van der Waals surface area contributed by atoms with Gasteiger partial charge in [0, 0.05) is 25.3 Å². The summed E-state index contributed by atoms with van der Waals surface area (Å²) in [5.41, 5.74) is 2.53. The standard InChI is InChI=1S/C21H22N4O3/c1-14-10-23(13-22-14)18-7-8-19-21(27)24(15(2)11-25(19)20(18)26)12-16-5-4-6-17(9-16)28-3/h4-10,13,15H,11-12H2,1-3H3/t15-/m1/s1. The van der Waals surface area contributed by atoms with Crippen LogP contribution < -0.4 is 10.3 Å². The van der Waals surface area contributed by atoms with Crippen LogP contribution in [-0.2, 0) is 13.1 Å². The van der Waals surface area contributed by atoms with Crippen LogP contribution in [0, 0.1) is 6.92 Å². The van der Waals surface area contributed by atoms with Gasteiger partial charge in [0.1, 0.15) is 17.1 Å². The predicted molar refractivity (Wildman–Crippen MR) is 105 cm³/mol. The molecule has 1 aliphatic rings. The van der Waals surface area contributed by atoms with Crippen molar-refractivity contribution >= 4 is 5.91 Å². The van der Waals surface area contributed by atoms with Gasteiger partial charge in [-0.15, -0.1) is 0 Å². The average Bonchev–Trinajstić information content (AvgIpc) is 3.12. The number of hydrogen-bond acceptors (Lipinski definition) is 4. The number of aryl methyl sites for hydroxylation is 1. The summed E-state index contributed by atoms with van der Waals surface area (Å²) in [4.78, 5) is 32.1. The lowest BCUT2D eigenvalue weighted by atomic mass is 10.1.